The average Bonchev–Trinajstić information content (AvgIpc) is 3.42. The molecule has 4 aromatic rings. The first kappa shape index (κ1) is 21.0. The Labute approximate surface area is 191 Å². The van der Waals surface area contributed by atoms with Gasteiger partial charge in [-0.15, -0.1) is 0 Å². The average molecular weight is 503 g/mol. The zero-order valence-electron chi connectivity index (χ0n) is 16.1. The number of para-hydroxylation sites is 1. The number of hydrogen-bond donors (Lipinski definition) is 1. The molecule has 0 bridgehead atoms. The minimum Gasteiger partial charge on any atom is -0.471 e. The molecule has 0 saturated heterocycles. The van der Waals surface area contributed by atoms with E-state index in [9.17, 15) is 4.79 Å². The number of amides is 1. The Bertz CT molecular complexity index is 1180. The quantitative estimate of drug-likeness (QED) is 0.373. The van der Waals surface area contributed by atoms with E-state index in [1.165, 1.54) is 4.68 Å². The van der Waals surface area contributed by atoms with Crippen molar-refractivity contribution in [2.45, 2.75) is 13.5 Å². The fraction of sp³-hybridized carbons (Fsp3) is 0.0952. The number of carbonyl (C=O) groups excluding carboxylic acids is 1. The summed E-state index contributed by atoms with van der Waals surface area (Å²) in [6.45, 7) is 0.341. The molecule has 0 spiro atoms. The number of ether oxygens (including phenoxy) is 2. The smallest absolute Gasteiger partial charge is 0.276 e. The van der Waals surface area contributed by atoms with Gasteiger partial charge in [0.25, 0.3) is 5.91 Å². The van der Waals surface area contributed by atoms with Gasteiger partial charge in [-0.25, -0.2) is 9.36 Å². The Kier molecular flexibility index (Phi) is 6.54. The molecule has 0 atom stereocenters. The summed E-state index contributed by atoms with van der Waals surface area (Å²) in [5.41, 5.74) is 0.785. The molecule has 2 aromatic heterocycles. The molecule has 10 heteroatoms. The number of anilines is 1. The van der Waals surface area contributed by atoms with E-state index in [1.54, 1.807) is 41.5 Å². The molecule has 0 unspecified atom stereocenters. The summed E-state index contributed by atoms with van der Waals surface area (Å²) in [5, 5.41) is 11.7. The van der Waals surface area contributed by atoms with E-state index in [0.717, 1.165) is 4.47 Å². The maximum Gasteiger partial charge on any atom is 0.276 e. The van der Waals surface area contributed by atoms with Crippen LogP contribution in [0.4, 0.5) is 5.69 Å². The Balaban J connectivity index is 1.29. The molecule has 1 amide bonds. The van der Waals surface area contributed by atoms with E-state index in [-0.39, 0.29) is 25.1 Å². The van der Waals surface area contributed by atoms with Crippen LogP contribution in [0.25, 0.3) is 0 Å². The highest BCUT2D eigenvalue weighted by molar-refractivity contribution is 9.10. The zero-order valence-corrected chi connectivity index (χ0v) is 18.5. The third kappa shape index (κ3) is 5.65. The Morgan fingerprint density at radius 2 is 1.81 bits per heavy atom. The largest absolute Gasteiger partial charge is 0.471 e. The van der Waals surface area contributed by atoms with Gasteiger partial charge in [-0.05, 0) is 42.5 Å². The van der Waals surface area contributed by atoms with Crippen molar-refractivity contribution < 1.29 is 14.3 Å². The normalized spacial score (nSPS) is 10.6. The van der Waals surface area contributed by atoms with Gasteiger partial charge >= 0.3 is 0 Å². The summed E-state index contributed by atoms with van der Waals surface area (Å²) in [5.74, 6) is 0.905. The molecule has 4 rings (SSSR count). The third-order valence-electron chi connectivity index (χ3n) is 4.13. The van der Waals surface area contributed by atoms with Crippen molar-refractivity contribution in [3.05, 3.63) is 88.4 Å². The predicted octanol–water partition coefficient (Wildman–Crippen LogP) is 4.82. The SMILES string of the molecule is O=C(Nc1cnn(COc2ccc(Br)cc2)c1)c1ccn(COc2ccccc2Cl)n1. The maximum atomic E-state index is 12.5. The van der Waals surface area contributed by atoms with Gasteiger partial charge in [0, 0.05) is 10.7 Å². The number of benzene rings is 2. The fourth-order valence-corrected chi connectivity index (χ4v) is 3.07. The van der Waals surface area contributed by atoms with Gasteiger partial charge in [0.1, 0.15) is 11.5 Å². The predicted molar refractivity (Wildman–Crippen MR) is 119 cm³/mol. The highest BCUT2D eigenvalue weighted by Gasteiger charge is 2.12. The Morgan fingerprint density at radius 1 is 1.03 bits per heavy atom. The lowest BCUT2D eigenvalue weighted by atomic mass is 10.3. The molecule has 0 aliphatic carbocycles. The number of rotatable bonds is 8. The van der Waals surface area contributed by atoms with Crippen molar-refractivity contribution in [2.24, 2.45) is 0 Å². The molecule has 0 saturated carbocycles. The lowest BCUT2D eigenvalue weighted by Crippen LogP contribution is -2.14. The molecule has 0 fully saturated rings. The molecule has 8 nitrogen and oxygen atoms in total. The number of halogens is 2. The van der Waals surface area contributed by atoms with Gasteiger partial charge < -0.3 is 14.8 Å². The molecule has 0 aliphatic rings. The van der Waals surface area contributed by atoms with Gasteiger partial charge in [0.05, 0.1) is 23.1 Å². The molecular formula is C21H17BrClN5O3. The molecule has 1 N–H and O–H groups in total. The van der Waals surface area contributed by atoms with E-state index in [1.807, 2.05) is 36.4 Å². The summed E-state index contributed by atoms with van der Waals surface area (Å²) in [6.07, 6.45) is 4.87. The Morgan fingerprint density at radius 3 is 2.61 bits per heavy atom. The van der Waals surface area contributed by atoms with Gasteiger partial charge in [-0.2, -0.15) is 10.2 Å². The molecular weight excluding hydrogens is 486 g/mol. The van der Waals surface area contributed by atoms with Crippen LogP contribution in [-0.2, 0) is 13.5 Å². The molecule has 0 aliphatic heterocycles. The van der Waals surface area contributed by atoms with Crippen molar-refractivity contribution in [2.75, 3.05) is 5.32 Å². The van der Waals surface area contributed by atoms with Crippen LogP contribution in [0.2, 0.25) is 5.02 Å². The lowest BCUT2D eigenvalue weighted by molar-refractivity contribution is 0.102. The molecule has 31 heavy (non-hydrogen) atoms. The van der Waals surface area contributed by atoms with Crippen LogP contribution >= 0.6 is 27.5 Å². The monoisotopic (exact) mass is 501 g/mol. The molecule has 158 valence electrons. The van der Waals surface area contributed by atoms with Crippen molar-refractivity contribution >= 4 is 39.1 Å². The van der Waals surface area contributed by atoms with E-state index in [2.05, 4.69) is 31.4 Å². The second kappa shape index (κ2) is 9.67. The topological polar surface area (TPSA) is 83.2 Å². The number of aromatic nitrogens is 4. The van der Waals surface area contributed by atoms with Crippen LogP contribution < -0.4 is 14.8 Å². The highest BCUT2D eigenvalue weighted by Crippen LogP contribution is 2.23. The van der Waals surface area contributed by atoms with Gasteiger partial charge in [-0.1, -0.05) is 39.7 Å². The second-order valence-electron chi connectivity index (χ2n) is 6.39. The van der Waals surface area contributed by atoms with Crippen LogP contribution in [0.3, 0.4) is 0 Å². The summed E-state index contributed by atoms with van der Waals surface area (Å²) in [6, 6.07) is 16.2. The minimum absolute atomic E-state index is 0.127. The summed E-state index contributed by atoms with van der Waals surface area (Å²) >= 11 is 9.44. The summed E-state index contributed by atoms with van der Waals surface area (Å²) in [7, 11) is 0. The summed E-state index contributed by atoms with van der Waals surface area (Å²) in [4.78, 5) is 12.5. The first-order valence-electron chi connectivity index (χ1n) is 9.20. The lowest BCUT2D eigenvalue weighted by Gasteiger charge is -2.07. The van der Waals surface area contributed by atoms with Gasteiger partial charge in [-0.3, -0.25) is 4.79 Å². The van der Waals surface area contributed by atoms with Crippen LogP contribution in [0.1, 0.15) is 10.5 Å². The van der Waals surface area contributed by atoms with E-state index < -0.39 is 0 Å². The molecule has 2 heterocycles. The van der Waals surface area contributed by atoms with Crippen molar-refractivity contribution in [1.29, 1.82) is 0 Å². The summed E-state index contributed by atoms with van der Waals surface area (Å²) < 4.78 is 15.3. The van der Waals surface area contributed by atoms with Crippen LogP contribution in [-0.4, -0.2) is 25.5 Å². The number of hydrogen-bond acceptors (Lipinski definition) is 5. The van der Waals surface area contributed by atoms with Crippen molar-refractivity contribution in [3.8, 4) is 11.5 Å². The van der Waals surface area contributed by atoms with E-state index >= 15 is 0 Å². The maximum absolute atomic E-state index is 12.5. The number of nitrogens with one attached hydrogen (secondary N) is 1. The highest BCUT2D eigenvalue weighted by atomic mass is 79.9. The van der Waals surface area contributed by atoms with Crippen molar-refractivity contribution in [3.63, 3.8) is 0 Å². The van der Waals surface area contributed by atoms with Gasteiger partial charge in [0.15, 0.2) is 19.2 Å². The fourth-order valence-electron chi connectivity index (χ4n) is 2.62. The molecule has 2 aromatic carbocycles. The van der Waals surface area contributed by atoms with Crippen molar-refractivity contribution in [1.82, 2.24) is 19.6 Å². The van der Waals surface area contributed by atoms with E-state index in [0.29, 0.717) is 22.2 Å². The zero-order chi connectivity index (χ0) is 21.6. The Hall–Kier alpha value is -3.30. The van der Waals surface area contributed by atoms with Crippen LogP contribution in [0.5, 0.6) is 11.5 Å². The standard InChI is InChI=1S/C21H17BrClN5O3/c22-15-5-7-17(8-6-15)30-14-28-12-16(11-24-28)25-21(29)19-9-10-27(26-19)13-31-20-4-2-1-3-18(20)23/h1-12H,13-14H2,(H,25,29). The number of carbonyl (C=O) groups is 1. The van der Waals surface area contributed by atoms with Gasteiger partial charge in [0.2, 0.25) is 0 Å². The number of nitrogens with zero attached hydrogens (tertiary/aromatic N) is 4. The third-order valence-corrected chi connectivity index (χ3v) is 4.97. The van der Waals surface area contributed by atoms with Crippen LogP contribution in [0.15, 0.2) is 77.7 Å². The first-order valence-corrected chi connectivity index (χ1v) is 10.4. The molecule has 0 radical (unpaired) electrons. The minimum atomic E-state index is -0.357. The van der Waals surface area contributed by atoms with E-state index in [4.69, 9.17) is 21.1 Å². The second-order valence-corrected chi connectivity index (χ2v) is 7.72. The first-order chi connectivity index (χ1) is 15.1. The van der Waals surface area contributed by atoms with Crippen LogP contribution in [0, 0.1) is 0 Å².